The number of nitro groups is 1. The van der Waals surface area contributed by atoms with E-state index in [9.17, 15) is 19.7 Å². The molecule has 38 heavy (non-hydrogen) atoms. The number of hydrogen-bond donors (Lipinski definition) is 1. The summed E-state index contributed by atoms with van der Waals surface area (Å²) in [4.78, 5) is 43.6. The zero-order chi connectivity index (χ0) is 26.8. The Bertz CT molecular complexity index is 1650. The molecule has 2 heterocycles. The second-order valence-corrected chi connectivity index (χ2v) is 11.2. The minimum atomic E-state index is -0.587. The lowest BCUT2D eigenvalue weighted by atomic mass is 9.97. The van der Waals surface area contributed by atoms with Crippen LogP contribution in [-0.2, 0) is 17.6 Å². The Morgan fingerprint density at radius 3 is 2.79 bits per heavy atom. The van der Waals surface area contributed by atoms with Crippen molar-refractivity contribution in [1.29, 1.82) is 0 Å². The van der Waals surface area contributed by atoms with Crippen molar-refractivity contribution in [1.82, 2.24) is 15.0 Å². The van der Waals surface area contributed by atoms with Crippen molar-refractivity contribution in [3.63, 3.8) is 0 Å². The first-order valence-electron chi connectivity index (χ1n) is 11.8. The zero-order valence-corrected chi connectivity index (χ0v) is 22.7. The summed E-state index contributed by atoms with van der Waals surface area (Å²) in [5.74, 6) is -0.447. The molecule has 2 aromatic heterocycles. The number of benzene rings is 2. The van der Waals surface area contributed by atoms with Crippen molar-refractivity contribution < 1.29 is 9.72 Å². The molecule has 9 nitrogen and oxygen atoms in total. The third kappa shape index (κ3) is 5.35. The third-order valence-electron chi connectivity index (χ3n) is 6.15. The quantitative estimate of drug-likeness (QED) is 0.104. The van der Waals surface area contributed by atoms with Crippen LogP contribution in [0, 0.1) is 17.0 Å². The van der Waals surface area contributed by atoms with E-state index in [1.165, 1.54) is 23.2 Å². The maximum Gasteiger partial charge on any atom is 0.288 e. The number of nitro benzene ring substituents is 1. The number of carbonyl (C=O) groups is 1. The van der Waals surface area contributed by atoms with Gasteiger partial charge in [-0.2, -0.15) is 5.10 Å². The molecule has 0 bridgehead atoms. The van der Waals surface area contributed by atoms with Crippen LogP contribution < -0.4 is 11.0 Å². The molecule has 0 saturated heterocycles. The van der Waals surface area contributed by atoms with E-state index in [1.807, 2.05) is 31.2 Å². The van der Waals surface area contributed by atoms with E-state index in [0.717, 1.165) is 48.6 Å². The summed E-state index contributed by atoms with van der Waals surface area (Å²) in [5, 5.41) is 16.1. The van der Waals surface area contributed by atoms with E-state index in [-0.39, 0.29) is 22.0 Å². The summed E-state index contributed by atoms with van der Waals surface area (Å²) in [6.45, 7) is 1.98. The molecule has 12 heteroatoms. The lowest BCUT2D eigenvalue weighted by Crippen LogP contribution is -2.24. The van der Waals surface area contributed by atoms with Crippen LogP contribution in [0.5, 0.6) is 0 Å². The molecule has 1 N–H and O–H groups in total. The lowest BCUT2D eigenvalue weighted by Gasteiger charge is -2.13. The lowest BCUT2D eigenvalue weighted by molar-refractivity contribution is -0.384. The van der Waals surface area contributed by atoms with Gasteiger partial charge in [0.15, 0.2) is 5.16 Å². The van der Waals surface area contributed by atoms with Crippen LogP contribution in [-0.4, -0.2) is 32.3 Å². The molecule has 0 fully saturated rings. The Morgan fingerprint density at radius 1 is 1.26 bits per heavy atom. The Labute approximate surface area is 230 Å². The van der Waals surface area contributed by atoms with Crippen LogP contribution in [0.4, 0.5) is 5.69 Å². The molecule has 0 atom stereocenters. The number of nitrogens with one attached hydrogen (secondary N) is 1. The van der Waals surface area contributed by atoms with Gasteiger partial charge in [-0.1, -0.05) is 47.1 Å². The highest BCUT2D eigenvalue weighted by Crippen LogP contribution is 2.35. The molecule has 4 aromatic rings. The molecule has 1 aliphatic rings. The zero-order valence-electron chi connectivity index (χ0n) is 20.3. The van der Waals surface area contributed by atoms with Crippen LogP contribution in [0.25, 0.3) is 15.9 Å². The highest BCUT2D eigenvalue weighted by molar-refractivity contribution is 7.99. The predicted molar refractivity (Wildman–Crippen MR) is 151 cm³/mol. The van der Waals surface area contributed by atoms with Gasteiger partial charge in [0, 0.05) is 16.5 Å². The van der Waals surface area contributed by atoms with Gasteiger partial charge in [-0.25, -0.2) is 10.4 Å². The van der Waals surface area contributed by atoms with Gasteiger partial charge in [0.1, 0.15) is 9.85 Å². The Kier molecular flexibility index (Phi) is 7.59. The fourth-order valence-corrected chi connectivity index (χ4v) is 6.59. The standard InChI is InChI=1S/C26H22ClN5O4S2/c1-15-6-9-17(10-7-15)31-25(34)23-18-4-2-3-5-21(18)38-24(23)29-26(31)37-14-22(33)30-28-13-16-8-11-19(27)20(12-16)32(35)36/h6-13H,2-5,14H2,1H3,(H,30,33)/b28-13+. The van der Waals surface area contributed by atoms with Gasteiger partial charge in [-0.05, 0) is 56.4 Å². The molecular weight excluding hydrogens is 546 g/mol. The molecule has 5 rings (SSSR count). The number of nitrogens with zero attached hydrogens (tertiary/aromatic N) is 4. The van der Waals surface area contributed by atoms with Crippen molar-refractivity contribution >= 4 is 62.7 Å². The summed E-state index contributed by atoms with van der Waals surface area (Å²) in [6.07, 6.45) is 5.30. The smallest absolute Gasteiger partial charge is 0.272 e. The largest absolute Gasteiger partial charge is 0.288 e. The molecule has 0 spiro atoms. The van der Waals surface area contributed by atoms with Crippen LogP contribution in [0.3, 0.4) is 0 Å². The maximum absolute atomic E-state index is 13.8. The van der Waals surface area contributed by atoms with Crippen LogP contribution >= 0.6 is 34.7 Å². The number of thiophene rings is 1. The van der Waals surface area contributed by atoms with Gasteiger partial charge < -0.3 is 0 Å². The van der Waals surface area contributed by atoms with Crippen molar-refractivity contribution in [2.75, 3.05) is 5.75 Å². The van der Waals surface area contributed by atoms with Crippen molar-refractivity contribution in [2.24, 2.45) is 5.10 Å². The highest BCUT2D eigenvalue weighted by Gasteiger charge is 2.23. The number of halogens is 1. The summed E-state index contributed by atoms with van der Waals surface area (Å²) in [7, 11) is 0. The first-order valence-corrected chi connectivity index (χ1v) is 14.0. The number of carbonyl (C=O) groups excluding carboxylic acids is 1. The molecule has 0 radical (unpaired) electrons. The van der Waals surface area contributed by atoms with E-state index in [4.69, 9.17) is 16.6 Å². The van der Waals surface area contributed by atoms with Crippen molar-refractivity contribution in [2.45, 2.75) is 37.8 Å². The fraction of sp³-hybridized carbons (Fsp3) is 0.231. The van der Waals surface area contributed by atoms with Crippen LogP contribution in [0.15, 0.2) is 57.5 Å². The van der Waals surface area contributed by atoms with Gasteiger partial charge >= 0.3 is 0 Å². The van der Waals surface area contributed by atoms with E-state index in [2.05, 4.69) is 10.5 Å². The molecule has 0 saturated carbocycles. The summed E-state index contributed by atoms with van der Waals surface area (Å²) in [6, 6.07) is 11.9. The monoisotopic (exact) mass is 567 g/mol. The van der Waals surface area contributed by atoms with Crippen molar-refractivity contribution in [3.8, 4) is 5.69 Å². The third-order valence-corrected chi connectivity index (χ3v) is 8.60. The van der Waals surface area contributed by atoms with Gasteiger partial charge in [0.25, 0.3) is 17.2 Å². The molecule has 1 amide bonds. The van der Waals surface area contributed by atoms with Gasteiger partial charge in [0.2, 0.25) is 0 Å². The Morgan fingerprint density at radius 2 is 2.03 bits per heavy atom. The number of hydrazone groups is 1. The first-order chi connectivity index (χ1) is 18.3. The maximum atomic E-state index is 13.8. The average molecular weight is 568 g/mol. The summed E-state index contributed by atoms with van der Waals surface area (Å²) < 4.78 is 1.58. The van der Waals surface area contributed by atoms with Gasteiger partial charge in [0.05, 0.1) is 28.0 Å². The molecule has 194 valence electrons. The minimum absolute atomic E-state index is 0.0169. The summed E-state index contributed by atoms with van der Waals surface area (Å²) in [5.41, 5.74) is 5.33. The van der Waals surface area contributed by atoms with E-state index in [0.29, 0.717) is 26.6 Å². The van der Waals surface area contributed by atoms with E-state index in [1.54, 1.807) is 22.0 Å². The molecule has 2 aromatic carbocycles. The normalized spacial score (nSPS) is 13.1. The number of fused-ring (bicyclic) bond motifs is 3. The number of hydrogen-bond acceptors (Lipinski definition) is 8. The number of rotatable bonds is 7. The SMILES string of the molecule is Cc1ccc(-n2c(SCC(=O)N/N=C/c3ccc(Cl)c([N+](=O)[O-])c3)nc3sc4c(c3c2=O)CCCC4)cc1. The average Bonchev–Trinajstić information content (AvgIpc) is 3.28. The van der Waals surface area contributed by atoms with E-state index >= 15 is 0 Å². The molecule has 0 aliphatic heterocycles. The molecule has 1 aliphatic carbocycles. The predicted octanol–water partition coefficient (Wildman–Crippen LogP) is 5.44. The molecule has 0 unspecified atom stereocenters. The van der Waals surface area contributed by atoms with Crippen LogP contribution in [0.1, 0.15) is 34.4 Å². The number of thioether (sulfide) groups is 1. The topological polar surface area (TPSA) is 119 Å². The second kappa shape index (κ2) is 11.1. The number of amides is 1. The van der Waals surface area contributed by atoms with Gasteiger partial charge in [-0.15, -0.1) is 11.3 Å². The summed E-state index contributed by atoms with van der Waals surface area (Å²) >= 11 is 8.54. The minimum Gasteiger partial charge on any atom is -0.272 e. The molecular formula is C26H22ClN5O4S2. The highest BCUT2D eigenvalue weighted by atomic mass is 35.5. The number of aryl methyl sites for hydroxylation is 3. The van der Waals surface area contributed by atoms with E-state index < -0.39 is 10.8 Å². The number of aromatic nitrogens is 2. The van der Waals surface area contributed by atoms with Crippen LogP contribution in [0.2, 0.25) is 5.02 Å². The fourth-order valence-electron chi connectivity index (χ4n) is 4.30. The second-order valence-electron chi connectivity index (χ2n) is 8.81. The Hall–Kier alpha value is -3.54. The first kappa shape index (κ1) is 26.1. The Balaban J connectivity index is 1.39. The van der Waals surface area contributed by atoms with Crippen molar-refractivity contribution in [3.05, 3.63) is 89.5 Å². The van der Waals surface area contributed by atoms with Gasteiger partial charge in [-0.3, -0.25) is 24.3 Å².